The van der Waals surface area contributed by atoms with Gasteiger partial charge in [-0.2, -0.15) is 0 Å². The van der Waals surface area contributed by atoms with Crippen molar-refractivity contribution in [1.82, 2.24) is 9.97 Å². The highest BCUT2D eigenvalue weighted by molar-refractivity contribution is 6.10. The summed E-state index contributed by atoms with van der Waals surface area (Å²) < 4.78 is 5.45. The Morgan fingerprint density at radius 2 is 2.11 bits per heavy atom. The Morgan fingerprint density at radius 1 is 1.11 bits per heavy atom. The van der Waals surface area contributed by atoms with Crippen LogP contribution in [0, 0.1) is 5.92 Å². The topological polar surface area (TPSA) is 71.4 Å². The van der Waals surface area contributed by atoms with Gasteiger partial charge in [0.2, 0.25) is 0 Å². The molecule has 5 rings (SSSR count). The molecule has 6 heteroatoms. The maximum atomic E-state index is 5.45. The molecule has 3 aromatic rings. The van der Waals surface area contributed by atoms with E-state index < -0.39 is 0 Å². The van der Waals surface area contributed by atoms with Gasteiger partial charge in [-0.25, -0.2) is 4.98 Å². The predicted molar refractivity (Wildman–Crippen MR) is 107 cm³/mol. The van der Waals surface area contributed by atoms with Gasteiger partial charge in [-0.1, -0.05) is 6.07 Å². The largest absolute Gasteiger partial charge is 0.381 e. The normalized spacial score (nSPS) is 18.4. The molecule has 2 N–H and O–H groups in total. The minimum atomic E-state index is 0.566. The van der Waals surface area contributed by atoms with Crippen LogP contribution in [0.3, 0.4) is 0 Å². The molecule has 1 aromatic carbocycles. The monoisotopic (exact) mass is 359 g/mol. The minimum Gasteiger partial charge on any atom is -0.381 e. The summed E-state index contributed by atoms with van der Waals surface area (Å²) in [7, 11) is 0. The number of nitrogens with one attached hydrogen (secondary N) is 2. The number of nitrogens with zero attached hydrogens (tertiary/aromatic N) is 3. The second-order valence-electron chi connectivity index (χ2n) is 7.01. The Labute approximate surface area is 157 Å². The molecular weight excluding hydrogens is 338 g/mol. The molecule has 0 aliphatic carbocycles. The van der Waals surface area contributed by atoms with Crippen molar-refractivity contribution in [3.8, 4) is 0 Å². The van der Waals surface area contributed by atoms with Gasteiger partial charge in [0.1, 0.15) is 11.5 Å². The Balaban J connectivity index is 1.36. The third kappa shape index (κ3) is 3.24. The van der Waals surface area contributed by atoms with Crippen molar-refractivity contribution < 1.29 is 4.74 Å². The van der Waals surface area contributed by atoms with Crippen LogP contribution in [0.2, 0.25) is 0 Å². The smallest absolute Gasteiger partial charge is 0.152 e. The van der Waals surface area contributed by atoms with Gasteiger partial charge in [-0.3, -0.25) is 9.98 Å². The SMILES string of the molecule is c1cnc2c(c1)CN=C2Nc1ccc2c(NCC3CCOC3)nccc2c1. The molecule has 1 fully saturated rings. The van der Waals surface area contributed by atoms with Crippen molar-refractivity contribution in [2.24, 2.45) is 10.9 Å². The van der Waals surface area contributed by atoms with Crippen molar-refractivity contribution in [2.75, 3.05) is 30.4 Å². The molecule has 2 aromatic heterocycles. The predicted octanol–water partition coefficient (Wildman–Crippen LogP) is 3.45. The number of amidine groups is 1. The molecule has 1 atom stereocenters. The first kappa shape index (κ1) is 16.2. The van der Waals surface area contributed by atoms with Crippen LogP contribution in [0.1, 0.15) is 17.7 Å². The van der Waals surface area contributed by atoms with E-state index in [9.17, 15) is 0 Å². The molecule has 2 aliphatic heterocycles. The fourth-order valence-corrected chi connectivity index (χ4v) is 3.64. The number of ether oxygens (including phenoxy) is 1. The first-order chi connectivity index (χ1) is 13.4. The van der Waals surface area contributed by atoms with E-state index in [-0.39, 0.29) is 0 Å². The van der Waals surface area contributed by atoms with Gasteiger partial charge in [0, 0.05) is 48.1 Å². The molecular formula is C21H21N5O. The van der Waals surface area contributed by atoms with Gasteiger partial charge in [-0.15, -0.1) is 0 Å². The summed E-state index contributed by atoms with van der Waals surface area (Å²) in [6.45, 7) is 3.28. The second-order valence-corrected chi connectivity index (χ2v) is 7.01. The molecule has 1 saturated heterocycles. The summed E-state index contributed by atoms with van der Waals surface area (Å²) in [6, 6.07) is 12.4. The highest BCUT2D eigenvalue weighted by Gasteiger charge is 2.18. The van der Waals surface area contributed by atoms with Crippen molar-refractivity contribution in [1.29, 1.82) is 0 Å². The summed E-state index contributed by atoms with van der Waals surface area (Å²) in [4.78, 5) is 13.6. The molecule has 0 spiro atoms. The van der Waals surface area contributed by atoms with Crippen LogP contribution in [0.4, 0.5) is 11.5 Å². The van der Waals surface area contributed by atoms with E-state index in [0.717, 1.165) is 65.6 Å². The van der Waals surface area contributed by atoms with Crippen molar-refractivity contribution >= 4 is 28.1 Å². The number of fused-ring (bicyclic) bond motifs is 2. The van der Waals surface area contributed by atoms with Crippen LogP contribution in [0.15, 0.2) is 53.8 Å². The average Bonchev–Trinajstić information content (AvgIpc) is 3.36. The van der Waals surface area contributed by atoms with E-state index in [1.165, 1.54) is 0 Å². The second kappa shape index (κ2) is 6.96. The van der Waals surface area contributed by atoms with Crippen LogP contribution in [0.5, 0.6) is 0 Å². The van der Waals surface area contributed by atoms with Crippen LogP contribution in [-0.4, -0.2) is 35.6 Å². The zero-order chi connectivity index (χ0) is 18.1. The number of rotatable bonds is 4. The van der Waals surface area contributed by atoms with Gasteiger partial charge in [0.25, 0.3) is 0 Å². The summed E-state index contributed by atoms with van der Waals surface area (Å²) >= 11 is 0. The van der Waals surface area contributed by atoms with Crippen LogP contribution in [-0.2, 0) is 11.3 Å². The van der Waals surface area contributed by atoms with Crippen LogP contribution in [0.25, 0.3) is 10.8 Å². The quantitative estimate of drug-likeness (QED) is 0.747. The van der Waals surface area contributed by atoms with Gasteiger partial charge in [-0.05, 0) is 42.1 Å². The Kier molecular flexibility index (Phi) is 4.18. The van der Waals surface area contributed by atoms with E-state index in [1.807, 2.05) is 18.3 Å². The van der Waals surface area contributed by atoms with E-state index in [1.54, 1.807) is 6.20 Å². The zero-order valence-electron chi connectivity index (χ0n) is 15.0. The fourth-order valence-electron chi connectivity index (χ4n) is 3.64. The maximum absolute atomic E-state index is 5.45. The molecule has 27 heavy (non-hydrogen) atoms. The minimum absolute atomic E-state index is 0.566. The van der Waals surface area contributed by atoms with Gasteiger partial charge in [0.15, 0.2) is 5.84 Å². The molecule has 0 saturated carbocycles. The highest BCUT2D eigenvalue weighted by atomic mass is 16.5. The number of hydrogen-bond donors (Lipinski definition) is 2. The molecule has 0 bridgehead atoms. The Hall–Kier alpha value is -2.99. The number of anilines is 2. The maximum Gasteiger partial charge on any atom is 0.152 e. The average molecular weight is 359 g/mol. The van der Waals surface area contributed by atoms with Crippen molar-refractivity contribution in [3.05, 3.63) is 60.0 Å². The Bertz CT molecular complexity index is 1010. The van der Waals surface area contributed by atoms with Crippen molar-refractivity contribution in [2.45, 2.75) is 13.0 Å². The first-order valence-electron chi connectivity index (χ1n) is 9.33. The number of benzene rings is 1. The number of pyridine rings is 2. The molecule has 2 aliphatic rings. The lowest BCUT2D eigenvalue weighted by Gasteiger charge is -2.13. The third-order valence-electron chi connectivity index (χ3n) is 5.13. The van der Waals surface area contributed by atoms with E-state index in [2.05, 4.69) is 49.9 Å². The lowest BCUT2D eigenvalue weighted by atomic mass is 10.1. The molecule has 4 heterocycles. The number of aliphatic imine (C=N–C) groups is 1. The van der Waals surface area contributed by atoms with E-state index in [4.69, 9.17) is 4.74 Å². The third-order valence-corrected chi connectivity index (χ3v) is 5.13. The highest BCUT2D eigenvalue weighted by Crippen LogP contribution is 2.26. The first-order valence-corrected chi connectivity index (χ1v) is 9.33. The van der Waals surface area contributed by atoms with E-state index >= 15 is 0 Å². The molecule has 0 amide bonds. The lowest BCUT2D eigenvalue weighted by Crippen LogP contribution is -2.15. The fraction of sp³-hybridized carbons (Fsp3) is 0.286. The summed E-state index contributed by atoms with van der Waals surface area (Å²) in [5.41, 5.74) is 3.10. The summed E-state index contributed by atoms with van der Waals surface area (Å²) in [5, 5.41) is 9.16. The van der Waals surface area contributed by atoms with Gasteiger partial charge >= 0.3 is 0 Å². The van der Waals surface area contributed by atoms with E-state index in [0.29, 0.717) is 12.5 Å². The standard InChI is InChI=1S/C21H21N5O/c1-2-16-12-25-21(19(16)22-7-1)26-17-3-4-18-15(10-17)5-8-23-20(18)24-11-14-6-9-27-13-14/h1-5,7-8,10,14H,6,9,11-13H2,(H,23,24)(H,25,26). The Morgan fingerprint density at radius 3 is 3.04 bits per heavy atom. The van der Waals surface area contributed by atoms with Crippen molar-refractivity contribution in [3.63, 3.8) is 0 Å². The molecule has 6 nitrogen and oxygen atoms in total. The molecule has 136 valence electrons. The zero-order valence-corrected chi connectivity index (χ0v) is 15.0. The lowest BCUT2D eigenvalue weighted by molar-refractivity contribution is 0.187. The summed E-state index contributed by atoms with van der Waals surface area (Å²) in [6.07, 6.45) is 4.77. The summed E-state index contributed by atoms with van der Waals surface area (Å²) in [5.74, 6) is 2.32. The molecule has 0 radical (unpaired) electrons. The van der Waals surface area contributed by atoms with Crippen LogP contribution < -0.4 is 10.6 Å². The number of hydrogen-bond acceptors (Lipinski definition) is 6. The number of aromatic nitrogens is 2. The van der Waals surface area contributed by atoms with Gasteiger partial charge in [0.05, 0.1) is 13.2 Å². The molecule has 1 unspecified atom stereocenters. The van der Waals surface area contributed by atoms with Crippen LogP contribution >= 0.6 is 0 Å². The van der Waals surface area contributed by atoms with Gasteiger partial charge < -0.3 is 15.4 Å².